The first kappa shape index (κ1) is 17.7. The zero-order valence-corrected chi connectivity index (χ0v) is 16.4. The Hall–Kier alpha value is -3.37. The van der Waals surface area contributed by atoms with Crippen LogP contribution in [0.4, 0.5) is 11.4 Å². The summed E-state index contributed by atoms with van der Waals surface area (Å²) in [6.07, 6.45) is 0. The van der Waals surface area contributed by atoms with E-state index in [-0.39, 0.29) is 5.56 Å². The predicted molar refractivity (Wildman–Crippen MR) is 120 cm³/mol. The third kappa shape index (κ3) is 3.43. The van der Waals surface area contributed by atoms with Gasteiger partial charge in [-0.2, -0.15) is 0 Å². The van der Waals surface area contributed by atoms with E-state index in [1.807, 2.05) is 6.07 Å². The molecule has 1 aliphatic rings. The Balaban J connectivity index is 1.61. The monoisotopic (exact) mass is 381 g/mol. The summed E-state index contributed by atoms with van der Waals surface area (Å²) in [5.74, 6) is 0. The Morgan fingerprint density at radius 2 is 1.69 bits per heavy atom. The molecule has 5 rings (SSSR count). The van der Waals surface area contributed by atoms with Gasteiger partial charge in [-0.25, -0.2) is 0 Å². The summed E-state index contributed by atoms with van der Waals surface area (Å²) >= 11 is 0. The van der Waals surface area contributed by atoms with Crippen molar-refractivity contribution in [2.24, 2.45) is 0 Å². The molecule has 1 N–H and O–H groups in total. The molecule has 0 aliphatic carbocycles. The van der Waals surface area contributed by atoms with Crippen LogP contribution in [0.2, 0.25) is 0 Å². The number of aromatic nitrogens is 1. The smallest absolute Gasteiger partial charge is 0.248 e. The minimum Gasteiger partial charge on any atom is -0.340 e. The van der Waals surface area contributed by atoms with Crippen LogP contribution in [0, 0.1) is 0 Å². The molecule has 144 valence electrons. The molecule has 3 aromatic carbocycles. The third-order valence-electron chi connectivity index (χ3n) is 5.64. The topological polar surface area (TPSA) is 39.3 Å². The molecule has 4 heteroatoms. The maximum atomic E-state index is 11.7. The first-order valence-electron chi connectivity index (χ1n) is 9.95. The van der Waals surface area contributed by atoms with Gasteiger partial charge >= 0.3 is 0 Å². The number of hydrogen-bond donors (Lipinski definition) is 1. The quantitative estimate of drug-likeness (QED) is 0.543. The van der Waals surface area contributed by atoms with Crippen molar-refractivity contribution in [3.05, 3.63) is 94.8 Å². The minimum absolute atomic E-state index is 0.0765. The van der Waals surface area contributed by atoms with Crippen LogP contribution in [0.1, 0.15) is 5.56 Å². The summed E-state index contributed by atoms with van der Waals surface area (Å²) in [7, 11) is 2.16. The number of nitrogens with zero attached hydrogens (tertiary/aromatic N) is 2. The van der Waals surface area contributed by atoms with Gasteiger partial charge in [-0.1, -0.05) is 42.5 Å². The maximum Gasteiger partial charge on any atom is 0.248 e. The zero-order chi connectivity index (χ0) is 19.8. The number of aromatic amines is 1. The van der Waals surface area contributed by atoms with E-state index in [0.29, 0.717) is 0 Å². The molecule has 0 fully saturated rings. The van der Waals surface area contributed by atoms with E-state index in [1.54, 1.807) is 12.1 Å². The third-order valence-corrected chi connectivity index (χ3v) is 5.64. The van der Waals surface area contributed by atoms with E-state index in [9.17, 15) is 4.79 Å². The van der Waals surface area contributed by atoms with Gasteiger partial charge in [0, 0.05) is 42.8 Å². The highest BCUT2D eigenvalue weighted by Gasteiger charge is 2.20. The maximum absolute atomic E-state index is 11.7. The Kier molecular flexibility index (Phi) is 4.41. The van der Waals surface area contributed by atoms with E-state index >= 15 is 0 Å². The van der Waals surface area contributed by atoms with Gasteiger partial charge in [0.2, 0.25) is 5.56 Å². The molecule has 0 unspecified atom stereocenters. The first-order valence-corrected chi connectivity index (χ1v) is 9.95. The lowest BCUT2D eigenvalue weighted by Gasteiger charge is -2.25. The number of H-pyrrole nitrogens is 1. The van der Waals surface area contributed by atoms with Crippen LogP contribution >= 0.6 is 0 Å². The fourth-order valence-electron chi connectivity index (χ4n) is 4.13. The van der Waals surface area contributed by atoms with Crippen molar-refractivity contribution >= 4 is 22.1 Å². The molecule has 0 radical (unpaired) electrons. The van der Waals surface area contributed by atoms with E-state index in [4.69, 9.17) is 0 Å². The molecule has 0 bridgehead atoms. The van der Waals surface area contributed by atoms with Crippen LogP contribution in [-0.4, -0.2) is 30.0 Å². The summed E-state index contributed by atoms with van der Waals surface area (Å²) in [5, 5.41) is 2.51. The highest BCUT2D eigenvalue weighted by atomic mass is 16.1. The van der Waals surface area contributed by atoms with E-state index < -0.39 is 0 Å². The molecule has 0 amide bonds. The summed E-state index contributed by atoms with van der Waals surface area (Å²) < 4.78 is 0. The van der Waals surface area contributed by atoms with Crippen LogP contribution in [0.3, 0.4) is 0 Å². The van der Waals surface area contributed by atoms with Crippen LogP contribution in [0.15, 0.2) is 83.7 Å². The van der Waals surface area contributed by atoms with Crippen molar-refractivity contribution in [1.29, 1.82) is 0 Å². The van der Waals surface area contributed by atoms with Crippen molar-refractivity contribution < 1.29 is 0 Å². The highest BCUT2D eigenvalue weighted by Crippen LogP contribution is 2.35. The molecule has 1 aliphatic heterocycles. The summed E-state index contributed by atoms with van der Waals surface area (Å²) in [6, 6.07) is 26.9. The van der Waals surface area contributed by atoms with Gasteiger partial charge < -0.3 is 14.8 Å². The lowest BCUT2D eigenvalue weighted by molar-refractivity contribution is 0.343. The molecule has 4 aromatic rings. The van der Waals surface area contributed by atoms with Gasteiger partial charge in [0.05, 0.1) is 0 Å². The number of fused-ring (bicyclic) bond motifs is 2. The van der Waals surface area contributed by atoms with Crippen LogP contribution < -0.4 is 10.5 Å². The molecule has 1 aromatic heterocycles. The zero-order valence-electron chi connectivity index (χ0n) is 16.4. The average Bonchev–Trinajstić information content (AvgIpc) is 2.91. The molecule has 0 spiro atoms. The van der Waals surface area contributed by atoms with Gasteiger partial charge in [-0.15, -0.1) is 0 Å². The van der Waals surface area contributed by atoms with E-state index in [2.05, 4.69) is 82.5 Å². The second kappa shape index (κ2) is 7.22. The average molecular weight is 381 g/mol. The largest absolute Gasteiger partial charge is 0.340 e. The number of nitrogens with one attached hydrogen (secondary N) is 1. The van der Waals surface area contributed by atoms with E-state index in [0.717, 1.165) is 30.9 Å². The number of hydrogen-bond acceptors (Lipinski definition) is 3. The SMILES string of the molecule is CN1CCN(c2ccc3ccccc3c2)c2ccc(-c3cccc(=O)[nH]3)cc2C1. The minimum atomic E-state index is -0.0765. The number of rotatable bonds is 2. The van der Waals surface area contributed by atoms with Crippen LogP contribution in [0.5, 0.6) is 0 Å². The van der Waals surface area contributed by atoms with Crippen molar-refractivity contribution in [3.63, 3.8) is 0 Å². The van der Waals surface area contributed by atoms with Crippen LogP contribution in [-0.2, 0) is 6.54 Å². The Labute approximate surface area is 170 Å². The summed E-state index contributed by atoms with van der Waals surface area (Å²) in [5.41, 5.74) is 5.51. The molecule has 4 nitrogen and oxygen atoms in total. The van der Waals surface area contributed by atoms with Crippen molar-refractivity contribution in [3.8, 4) is 11.3 Å². The molecule has 2 heterocycles. The van der Waals surface area contributed by atoms with Crippen molar-refractivity contribution in [2.75, 3.05) is 25.0 Å². The lowest BCUT2D eigenvalue weighted by Crippen LogP contribution is -2.26. The number of pyridine rings is 1. The van der Waals surface area contributed by atoms with E-state index in [1.165, 1.54) is 27.7 Å². The number of benzene rings is 3. The second-order valence-corrected chi connectivity index (χ2v) is 7.69. The molecule has 0 saturated heterocycles. The second-order valence-electron chi connectivity index (χ2n) is 7.69. The van der Waals surface area contributed by atoms with Crippen molar-refractivity contribution in [1.82, 2.24) is 9.88 Å². The number of likely N-dealkylation sites (N-methyl/N-ethyl adjacent to an activating group) is 1. The molecular weight excluding hydrogens is 358 g/mol. The van der Waals surface area contributed by atoms with Gasteiger partial charge in [0.15, 0.2) is 0 Å². The predicted octanol–water partition coefficient (Wildman–Crippen LogP) is 4.78. The van der Waals surface area contributed by atoms with Gasteiger partial charge in [-0.3, -0.25) is 4.79 Å². The van der Waals surface area contributed by atoms with Crippen molar-refractivity contribution in [2.45, 2.75) is 6.54 Å². The fourth-order valence-corrected chi connectivity index (χ4v) is 4.13. The Bertz CT molecular complexity index is 1240. The molecule has 0 atom stereocenters. The molecule has 29 heavy (non-hydrogen) atoms. The normalized spacial score (nSPS) is 14.6. The number of anilines is 2. The lowest BCUT2D eigenvalue weighted by atomic mass is 10.0. The fraction of sp³-hybridized carbons (Fsp3) is 0.160. The van der Waals surface area contributed by atoms with Gasteiger partial charge in [-0.05, 0) is 59.3 Å². The summed E-state index contributed by atoms with van der Waals surface area (Å²) in [4.78, 5) is 19.4. The standard InChI is InChI=1S/C25H23N3O/c1-27-13-14-28(22-11-9-18-5-2-3-6-19(18)16-22)24-12-10-20(15-21(24)17-27)23-7-4-8-25(29)26-23/h2-12,15-16H,13-14,17H2,1H3,(H,26,29). The van der Waals surface area contributed by atoms with Crippen LogP contribution in [0.25, 0.3) is 22.0 Å². The Morgan fingerprint density at radius 1 is 0.828 bits per heavy atom. The highest BCUT2D eigenvalue weighted by molar-refractivity contribution is 5.87. The van der Waals surface area contributed by atoms with Gasteiger partial charge in [0.1, 0.15) is 0 Å². The van der Waals surface area contributed by atoms with Gasteiger partial charge in [0.25, 0.3) is 0 Å². The molecule has 0 saturated carbocycles. The summed E-state index contributed by atoms with van der Waals surface area (Å²) in [6.45, 7) is 2.80. The first-order chi connectivity index (χ1) is 14.2. The Morgan fingerprint density at radius 3 is 2.55 bits per heavy atom. The molecular formula is C25H23N3O.